The van der Waals surface area contributed by atoms with Gasteiger partial charge in [-0.3, -0.25) is 14.9 Å². The molecule has 2 aromatic carbocycles. The van der Waals surface area contributed by atoms with Gasteiger partial charge in [0.2, 0.25) is 5.91 Å². The molecule has 3 N–H and O–H groups in total. The van der Waals surface area contributed by atoms with E-state index in [1.54, 1.807) is 18.2 Å². The second-order valence-corrected chi connectivity index (χ2v) is 8.73. The number of hydrogen-bond donors (Lipinski definition) is 3. The summed E-state index contributed by atoms with van der Waals surface area (Å²) in [6, 6.07) is 14.8. The minimum atomic E-state index is -0.270. The largest absolute Gasteiger partial charge is 0.332 e. The number of amides is 2. The van der Waals surface area contributed by atoms with Crippen LogP contribution in [0, 0.1) is 0 Å². The molecule has 30 heavy (non-hydrogen) atoms. The number of thiocarbonyl (C=S) groups is 1. The monoisotopic (exact) mass is 425 g/mol. The first-order valence-corrected chi connectivity index (χ1v) is 10.7. The maximum absolute atomic E-state index is 12.4. The Morgan fingerprint density at radius 3 is 2.17 bits per heavy atom. The molecular weight excluding hydrogens is 394 g/mol. The third kappa shape index (κ3) is 7.59. The van der Waals surface area contributed by atoms with Crippen LogP contribution in [0.2, 0.25) is 0 Å². The van der Waals surface area contributed by atoms with E-state index in [0.717, 1.165) is 24.8 Å². The first kappa shape index (κ1) is 23.5. The molecule has 2 rings (SSSR count). The van der Waals surface area contributed by atoms with Gasteiger partial charge in [0.05, 0.1) is 0 Å². The fraction of sp³-hybridized carbons (Fsp3) is 0.375. The predicted molar refractivity (Wildman–Crippen MR) is 128 cm³/mol. The highest BCUT2D eigenvalue weighted by Gasteiger charge is 2.15. The molecule has 0 aliphatic rings. The molecule has 0 radical (unpaired) electrons. The molecule has 2 aromatic rings. The highest BCUT2D eigenvalue weighted by Crippen LogP contribution is 2.22. The van der Waals surface area contributed by atoms with Gasteiger partial charge in [-0.25, -0.2) is 0 Å². The Labute approximate surface area is 184 Å². The highest BCUT2D eigenvalue weighted by molar-refractivity contribution is 7.80. The molecular formula is C24H31N3O2S. The van der Waals surface area contributed by atoms with Gasteiger partial charge in [0, 0.05) is 23.4 Å². The highest BCUT2D eigenvalue weighted by atomic mass is 32.1. The van der Waals surface area contributed by atoms with Gasteiger partial charge in [0.25, 0.3) is 5.91 Å². The normalized spacial score (nSPS) is 10.9. The Balaban J connectivity index is 1.91. The standard InChI is InChI=1S/C24H31N3O2S/c1-5-6-7-11-21(28)25-19-9-8-10-20(16-19)26-23(30)27-22(29)17-12-14-18(15-13-17)24(2,3)4/h8-10,12-16H,5-7,11H2,1-4H3,(H,25,28)(H2,26,27,29,30). The number of carbonyl (C=O) groups excluding carboxylic acids is 2. The maximum Gasteiger partial charge on any atom is 0.257 e. The topological polar surface area (TPSA) is 70.2 Å². The third-order valence-electron chi connectivity index (χ3n) is 4.65. The van der Waals surface area contributed by atoms with Crippen molar-refractivity contribution in [2.45, 2.75) is 58.8 Å². The van der Waals surface area contributed by atoms with Crippen LogP contribution in [-0.2, 0) is 10.2 Å². The molecule has 0 aliphatic carbocycles. The zero-order valence-electron chi connectivity index (χ0n) is 18.2. The molecule has 6 heteroatoms. The van der Waals surface area contributed by atoms with E-state index < -0.39 is 0 Å². The average Bonchev–Trinajstić information content (AvgIpc) is 2.67. The van der Waals surface area contributed by atoms with Crippen molar-refractivity contribution in [3.05, 3.63) is 59.7 Å². The number of carbonyl (C=O) groups is 2. The number of nitrogens with one attached hydrogen (secondary N) is 3. The summed E-state index contributed by atoms with van der Waals surface area (Å²) >= 11 is 5.27. The molecule has 0 aromatic heterocycles. The van der Waals surface area contributed by atoms with Crippen LogP contribution in [0.25, 0.3) is 0 Å². The fourth-order valence-electron chi connectivity index (χ4n) is 2.89. The van der Waals surface area contributed by atoms with Gasteiger partial charge < -0.3 is 10.6 Å². The van der Waals surface area contributed by atoms with Crippen LogP contribution in [0.1, 0.15) is 69.3 Å². The van der Waals surface area contributed by atoms with Crippen LogP contribution < -0.4 is 16.0 Å². The number of benzene rings is 2. The molecule has 0 saturated heterocycles. The van der Waals surface area contributed by atoms with Crippen LogP contribution in [0.15, 0.2) is 48.5 Å². The van der Waals surface area contributed by atoms with E-state index in [2.05, 4.69) is 43.6 Å². The summed E-state index contributed by atoms with van der Waals surface area (Å²) in [4.78, 5) is 24.4. The van der Waals surface area contributed by atoms with Crippen molar-refractivity contribution in [3.63, 3.8) is 0 Å². The molecule has 0 saturated carbocycles. The van der Waals surface area contributed by atoms with E-state index in [1.165, 1.54) is 0 Å². The second kappa shape index (κ2) is 10.9. The molecule has 0 aliphatic heterocycles. The van der Waals surface area contributed by atoms with Crippen molar-refractivity contribution in [2.24, 2.45) is 0 Å². The van der Waals surface area contributed by atoms with E-state index in [0.29, 0.717) is 23.4 Å². The van der Waals surface area contributed by atoms with Crippen LogP contribution in [0.3, 0.4) is 0 Å². The van der Waals surface area contributed by atoms with Crippen molar-refractivity contribution < 1.29 is 9.59 Å². The Bertz CT molecular complexity index is 886. The van der Waals surface area contributed by atoms with Gasteiger partial charge in [0.1, 0.15) is 0 Å². The lowest BCUT2D eigenvalue weighted by atomic mass is 9.87. The van der Waals surface area contributed by atoms with Crippen LogP contribution in [0.4, 0.5) is 11.4 Å². The minimum Gasteiger partial charge on any atom is -0.332 e. The molecule has 2 amide bonds. The summed E-state index contributed by atoms with van der Waals surface area (Å²) in [6.45, 7) is 8.49. The summed E-state index contributed by atoms with van der Waals surface area (Å²) < 4.78 is 0. The SMILES string of the molecule is CCCCCC(=O)Nc1cccc(NC(=S)NC(=O)c2ccc(C(C)(C)C)cc2)c1. The Hall–Kier alpha value is -2.73. The van der Waals surface area contributed by atoms with Gasteiger partial charge in [-0.2, -0.15) is 0 Å². The molecule has 0 bridgehead atoms. The molecule has 0 spiro atoms. The Kier molecular flexibility index (Phi) is 8.54. The van der Waals surface area contributed by atoms with Crippen LogP contribution in [0.5, 0.6) is 0 Å². The third-order valence-corrected chi connectivity index (χ3v) is 4.86. The average molecular weight is 426 g/mol. The van der Waals surface area contributed by atoms with Crippen molar-refractivity contribution >= 4 is 40.5 Å². The van der Waals surface area contributed by atoms with Crippen molar-refractivity contribution in [1.82, 2.24) is 5.32 Å². The fourth-order valence-corrected chi connectivity index (χ4v) is 3.10. The zero-order chi connectivity index (χ0) is 22.1. The van der Waals surface area contributed by atoms with Crippen LogP contribution in [-0.4, -0.2) is 16.9 Å². The number of rotatable bonds is 7. The lowest BCUT2D eigenvalue weighted by molar-refractivity contribution is -0.116. The number of anilines is 2. The van der Waals surface area contributed by atoms with Crippen molar-refractivity contribution in [2.75, 3.05) is 10.6 Å². The van der Waals surface area contributed by atoms with Crippen molar-refractivity contribution in [3.8, 4) is 0 Å². The summed E-state index contributed by atoms with van der Waals surface area (Å²) in [5.41, 5.74) is 3.11. The molecule has 0 fully saturated rings. The van der Waals surface area contributed by atoms with Gasteiger partial charge in [-0.15, -0.1) is 0 Å². The second-order valence-electron chi connectivity index (χ2n) is 8.32. The van der Waals surface area contributed by atoms with E-state index >= 15 is 0 Å². The minimum absolute atomic E-state index is 0.00446. The number of hydrogen-bond acceptors (Lipinski definition) is 3. The molecule has 160 valence electrons. The predicted octanol–water partition coefficient (Wildman–Crippen LogP) is 5.63. The van der Waals surface area contributed by atoms with Gasteiger partial charge in [-0.05, 0) is 59.9 Å². The summed E-state index contributed by atoms with van der Waals surface area (Å²) in [5.74, 6) is -0.275. The Morgan fingerprint density at radius 2 is 1.57 bits per heavy atom. The maximum atomic E-state index is 12.4. The zero-order valence-corrected chi connectivity index (χ0v) is 19.0. The molecule has 0 heterocycles. The van der Waals surface area contributed by atoms with E-state index in [9.17, 15) is 9.59 Å². The van der Waals surface area contributed by atoms with Gasteiger partial charge in [0.15, 0.2) is 5.11 Å². The quantitative estimate of drug-likeness (QED) is 0.397. The first-order chi connectivity index (χ1) is 14.2. The number of unbranched alkanes of at least 4 members (excludes halogenated alkanes) is 2. The smallest absolute Gasteiger partial charge is 0.257 e. The lowest BCUT2D eigenvalue weighted by Gasteiger charge is -2.19. The lowest BCUT2D eigenvalue weighted by Crippen LogP contribution is -2.34. The Morgan fingerprint density at radius 1 is 0.933 bits per heavy atom. The van der Waals surface area contributed by atoms with E-state index in [4.69, 9.17) is 12.2 Å². The van der Waals surface area contributed by atoms with Crippen LogP contribution >= 0.6 is 12.2 Å². The van der Waals surface area contributed by atoms with Gasteiger partial charge in [-0.1, -0.05) is 58.7 Å². The summed E-state index contributed by atoms with van der Waals surface area (Å²) in [7, 11) is 0. The summed E-state index contributed by atoms with van der Waals surface area (Å²) in [6.07, 6.45) is 3.51. The van der Waals surface area contributed by atoms with E-state index in [1.807, 2.05) is 30.3 Å². The van der Waals surface area contributed by atoms with E-state index in [-0.39, 0.29) is 22.3 Å². The molecule has 5 nitrogen and oxygen atoms in total. The first-order valence-electron chi connectivity index (χ1n) is 10.3. The van der Waals surface area contributed by atoms with Gasteiger partial charge >= 0.3 is 0 Å². The van der Waals surface area contributed by atoms with Crippen molar-refractivity contribution in [1.29, 1.82) is 0 Å². The molecule has 0 unspecified atom stereocenters. The summed E-state index contributed by atoms with van der Waals surface area (Å²) in [5, 5.41) is 8.77. The molecule has 0 atom stereocenters.